The molecule has 1 aliphatic rings. The van der Waals surface area contributed by atoms with Gasteiger partial charge in [-0.05, 0) is 55.7 Å². The average Bonchev–Trinajstić information content (AvgIpc) is 2.84. The molecular formula is C24H20Cl3F3N2O4. The lowest BCUT2D eigenvalue weighted by Gasteiger charge is -2.34. The molecule has 1 amide bonds. The Kier molecular flexibility index (Phi) is 8.98. The van der Waals surface area contributed by atoms with Crippen molar-refractivity contribution in [2.45, 2.75) is 37.5 Å². The van der Waals surface area contributed by atoms with Crippen molar-refractivity contribution < 1.29 is 32.2 Å². The van der Waals surface area contributed by atoms with Crippen LogP contribution in [0.1, 0.15) is 31.2 Å². The Hall–Kier alpha value is -2.67. The maximum absolute atomic E-state index is 13.4. The summed E-state index contributed by atoms with van der Waals surface area (Å²) in [6.07, 6.45) is -2.74. The normalized spacial score (nSPS) is 15.5. The summed E-state index contributed by atoms with van der Waals surface area (Å²) in [5.41, 5.74) is -3.51. The Balaban J connectivity index is 1.82. The molecule has 1 heterocycles. The van der Waals surface area contributed by atoms with E-state index in [1.807, 2.05) is 0 Å². The van der Waals surface area contributed by atoms with Gasteiger partial charge in [-0.25, -0.2) is 0 Å². The standard InChI is InChI=1S/C24H20Cl3F3N2O4/c25-16-5-7-20(18(27)13-16)36-23(14-31,22(34)32-9-2-1-3-10-32)21(33)8-11-35-19-6-4-15(12-17(19)26)24(28,29)30/h4-7,12-13H,1-3,8-11H2. The first-order chi connectivity index (χ1) is 17.0. The lowest BCUT2D eigenvalue weighted by Crippen LogP contribution is -2.58. The predicted octanol–water partition coefficient (Wildman–Crippen LogP) is 6.36. The molecule has 1 fully saturated rings. The number of nitrogens with zero attached hydrogens (tertiary/aromatic N) is 2. The second-order valence-corrected chi connectivity index (χ2v) is 9.24. The number of amides is 1. The third kappa shape index (κ3) is 6.36. The highest BCUT2D eigenvalue weighted by Gasteiger charge is 2.51. The number of piperidine rings is 1. The highest BCUT2D eigenvalue weighted by Crippen LogP contribution is 2.35. The Labute approximate surface area is 220 Å². The molecule has 0 saturated carbocycles. The first-order valence-electron chi connectivity index (χ1n) is 10.9. The highest BCUT2D eigenvalue weighted by molar-refractivity contribution is 6.35. The topological polar surface area (TPSA) is 79.6 Å². The number of likely N-dealkylation sites (tertiary alicyclic amines) is 1. The molecule has 1 atom stereocenters. The van der Waals surface area contributed by atoms with E-state index in [2.05, 4.69) is 0 Å². The van der Waals surface area contributed by atoms with E-state index in [9.17, 15) is 28.0 Å². The van der Waals surface area contributed by atoms with Crippen LogP contribution in [0.5, 0.6) is 11.5 Å². The molecule has 3 rings (SSSR count). The van der Waals surface area contributed by atoms with Crippen molar-refractivity contribution in [2.24, 2.45) is 0 Å². The SMILES string of the molecule is N#CC(Oc1ccc(Cl)cc1Cl)(C(=O)CCOc1ccc(C(F)(F)F)cc1Cl)C(=O)N1CCCCC1. The zero-order chi connectivity index (χ0) is 26.5. The molecular weight excluding hydrogens is 544 g/mol. The number of halogens is 6. The Bertz CT molecular complexity index is 1180. The number of hydrogen-bond donors (Lipinski definition) is 0. The van der Waals surface area contributed by atoms with Crippen molar-refractivity contribution in [1.29, 1.82) is 5.26 Å². The van der Waals surface area contributed by atoms with Crippen molar-refractivity contribution >= 4 is 46.5 Å². The van der Waals surface area contributed by atoms with Gasteiger partial charge in [0.1, 0.15) is 17.6 Å². The van der Waals surface area contributed by atoms with Gasteiger partial charge in [0, 0.05) is 24.5 Å². The third-order valence-corrected chi connectivity index (χ3v) is 6.32. The van der Waals surface area contributed by atoms with E-state index >= 15 is 0 Å². The number of ether oxygens (including phenoxy) is 2. The number of hydrogen-bond acceptors (Lipinski definition) is 5. The third-order valence-electron chi connectivity index (χ3n) is 5.50. The molecule has 0 aromatic heterocycles. The van der Waals surface area contributed by atoms with Gasteiger partial charge in [-0.15, -0.1) is 0 Å². The van der Waals surface area contributed by atoms with Crippen LogP contribution in [0.4, 0.5) is 13.2 Å². The van der Waals surface area contributed by atoms with E-state index in [0.717, 1.165) is 18.6 Å². The van der Waals surface area contributed by atoms with Crippen molar-refractivity contribution in [3.8, 4) is 17.6 Å². The molecule has 36 heavy (non-hydrogen) atoms. The fourth-order valence-electron chi connectivity index (χ4n) is 3.62. The van der Waals surface area contributed by atoms with Gasteiger partial charge in [-0.3, -0.25) is 9.59 Å². The fourth-order valence-corrected chi connectivity index (χ4v) is 4.30. The van der Waals surface area contributed by atoms with Crippen LogP contribution < -0.4 is 9.47 Å². The number of Topliss-reactive ketones (excluding diaryl/α,β-unsaturated/α-hetero) is 1. The number of ketones is 1. The number of rotatable bonds is 8. The van der Waals surface area contributed by atoms with E-state index < -0.39 is 35.5 Å². The highest BCUT2D eigenvalue weighted by atomic mass is 35.5. The molecule has 6 nitrogen and oxygen atoms in total. The van der Waals surface area contributed by atoms with Crippen LogP contribution in [0, 0.1) is 11.3 Å². The van der Waals surface area contributed by atoms with E-state index in [0.29, 0.717) is 32.0 Å². The molecule has 0 spiro atoms. The zero-order valence-electron chi connectivity index (χ0n) is 18.7. The molecule has 0 bridgehead atoms. The molecule has 1 saturated heterocycles. The monoisotopic (exact) mass is 562 g/mol. The lowest BCUT2D eigenvalue weighted by molar-refractivity contribution is -0.152. The summed E-state index contributed by atoms with van der Waals surface area (Å²) in [6.45, 7) is 0.328. The average molecular weight is 564 g/mol. The molecule has 192 valence electrons. The van der Waals surface area contributed by atoms with Gasteiger partial charge >= 0.3 is 11.8 Å². The van der Waals surface area contributed by atoms with Gasteiger partial charge in [0.25, 0.3) is 5.91 Å². The molecule has 2 aromatic carbocycles. The number of carbonyl (C=O) groups is 2. The van der Waals surface area contributed by atoms with Crippen LogP contribution in [-0.4, -0.2) is 41.9 Å². The van der Waals surface area contributed by atoms with Crippen molar-refractivity contribution in [1.82, 2.24) is 4.90 Å². The number of benzene rings is 2. The van der Waals surface area contributed by atoms with Crippen molar-refractivity contribution in [3.63, 3.8) is 0 Å². The van der Waals surface area contributed by atoms with Gasteiger partial charge in [0.15, 0.2) is 0 Å². The summed E-state index contributed by atoms with van der Waals surface area (Å²) in [4.78, 5) is 28.1. The second-order valence-electron chi connectivity index (χ2n) is 7.99. The predicted molar refractivity (Wildman–Crippen MR) is 127 cm³/mol. The maximum Gasteiger partial charge on any atom is 0.416 e. The first-order valence-corrected chi connectivity index (χ1v) is 12.0. The second kappa shape index (κ2) is 11.6. The summed E-state index contributed by atoms with van der Waals surface area (Å²) in [7, 11) is 0. The van der Waals surface area contributed by atoms with E-state index in [1.54, 1.807) is 6.07 Å². The molecule has 12 heteroatoms. The summed E-state index contributed by atoms with van der Waals surface area (Å²) in [6, 6.07) is 8.34. The van der Waals surface area contributed by atoms with E-state index in [4.69, 9.17) is 44.3 Å². The molecule has 1 aliphatic heterocycles. The van der Waals surface area contributed by atoms with Gasteiger partial charge in [0.2, 0.25) is 5.78 Å². The number of carbonyl (C=O) groups excluding carboxylic acids is 2. The smallest absolute Gasteiger partial charge is 0.416 e. The zero-order valence-corrected chi connectivity index (χ0v) is 21.0. The van der Waals surface area contributed by atoms with Crippen LogP contribution >= 0.6 is 34.8 Å². The molecule has 0 aliphatic carbocycles. The Morgan fingerprint density at radius 2 is 1.61 bits per heavy atom. The minimum atomic E-state index is -4.58. The Morgan fingerprint density at radius 1 is 0.972 bits per heavy atom. The molecule has 1 unspecified atom stereocenters. The van der Waals surface area contributed by atoms with Crippen molar-refractivity contribution in [3.05, 3.63) is 57.0 Å². The Morgan fingerprint density at radius 3 is 2.19 bits per heavy atom. The van der Waals surface area contributed by atoms with Crippen LogP contribution in [-0.2, 0) is 15.8 Å². The van der Waals surface area contributed by atoms with Crippen LogP contribution in [0.15, 0.2) is 36.4 Å². The summed E-state index contributed by atoms with van der Waals surface area (Å²) >= 11 is 18.0. The summed E-state index contributed by atoms with van der Waals surface area (Å²) in [5.74, 6) is -1.92. The number of alkyl halides is 3. The van der Waals surface area contributed by atoms with E-state index in [-0.39, 0.29) is 33.2 Å². The minimum Gasteiger partial charge on any atom is -0.492 e. The van der Waals surface area contributed by atoms with Crippen molar-refractivity contribution in [2.75, 3.05) is 19.7 Å². The lowest BCUT2D eigenvalue weighted by atomic mass is 9.94. The van der Waals surface area contributed by atoms with Crippen LogP contribution in [0.25, 0.3) is 0 Å². The largest absolute Gasteiger partial charge is 0.492 e. The van der Waals surface area contributed by atoms with Gasteiger partial charge < -0.3 is 14.4 Å². The van der Waals surface area contributed by atoms with E-state index in [1.165, 1.54) is 23.1 Å². The van der Waals surface area contributed by atoms with Crippen LogP contribution in [0.2, 0.25) is 15.1 Å². The summed E-state index contributed by atoms with van der Waals surface area (Å²) < 4.78 is 49.6. The van der Waals surface area contributed by atoms with Gasteiger partial charge in [-0.2, -0.15) is 18.4 Å². The number of nitriles is 1. The maximum atomic E-state index is 13.4. The minimum absolute atomic E-state index is 0.00541. The van der Waals surface area contributed by atoms with Crippen LogP contribution in [0.3, 0.4) is 0 Å². The molecule has 2 aromatic rings. The first kappa shape index (κ1) is 27.9. The van der Waals surface area contributed by atoms with Gasteiger partial charge in [0.05, 0.1) is 22.2 Å². The quantitative estimate of drug-likeness (QED) is 0.349. The molecule has 0 N–H and O–H groups in total. The summed E-state index contributed by atoms with van der Waals surface area (Å²) in [5, 5.41) is 10.0. The molecule has 0 radical (unpaired) electrons. The fraction of sp³-hybridized carbons (Fsp3) is 0.375. The van der Waals surface area contributed by atoms with Gasteiger partial charge in [-0.1, -0.05) is 34.8 Å².